The van der Waals surface area contributed by atoms with Crippen LogP contribution in [0.2, 0.25) is 0 Å². The first-order valence-electron chi connectivity index (χ1n) is 6.44. The standard InChI is InChI=1S/C15H11N3O4/c1-8-2-4-10(18(21)22)7-11(8)14-12-6-9(15(19)20)3-5-13(12)16-17-14/h2-7H,1H3,(H,16,17)(H,19,20). The van der Waals surface area contributed by atoms with Gasteiger partial charge in [0.05, 0.1) is 16.0 Å². The van der Waals surface area contributed by atoms with Gasteiger partial charge in [-0.25, -0.2) is 4.79 Å². The number of non-ortho nitro benzene ring substituents is 1. The number of nitro benzene ring substituents is 1. The monoisotopic (exact) mass is 297 g/mol. The van der Waals surface area contributed by atoms with Crippen LogP contribution in [0.4, 0.5) is 5.69 Å². The molecule has 1 heterocycles. The molecular weight excluding hydrogens is 286 g/mol. The number of aromatic amines is 1. The van der Waals surface area contributed by atoms with Crippen LogP contribution in [-0.4, -0.2) is 26.2 Å². The van der Waals surface area contributed by atoms with E-state index in [1.54, 1.807) is 12.1 Å². The third kappa shape index (κ3) is 2.18. The summed E-state index contributed by atoms with van der Waals surface area (Å²) in [6.07, 6.45) is 0. The molecule has 0 saturated carbocycles. The predicted molar refractivity (Wildman–Crippen MR) is 79.9 cm³/mol. The van der Waals surface area contributed by atoms with Crippen LogP contribution >= 0.6 is 0 Å². The molecule has 110 valence electrons. The molecule has 22 heavy (non-hydrogen) atoms. The molecule has 3 rings (SSSR count). The number of fused-ring (bicyclic) bond motifs is 1. The molecule has 0 aliphatic heterocycles. The van der Waals surface area contributed by atoms with Gasteiger partial charge in [0.1, 0.15) is 5.69 Å². The summed E-state index contributed by atoms with van der Waals surface area (Å²) in [6.45, 7) is 1.82. The molecule has 0 saturated heterocycles. The summed E-state index contributed by atoms with van der Waals surface area (Å²) in [5.41, 5.74) is 2.69. The highest BCUT2D eigenvalue weighted by Crippen LogP contribution is 2.31. The van der Waals surface area contributed by atoms with Crippen molar-refractivity contribution in [2.45, 2.75) is 6.92 Å². The number of nitrogens with one attached hydrogen (secondary N) is 1. The number of rotatable bonds is 3. The lowest BCUT2D eigenvalue weighted by atomic mass is 10.0. The number of benzene rings is 2. The number of carboxylic acid groups (broad SMARTS) is 1. The number of carbonyl (C=O) groups is 1. The van der Waals surface area contributed by atoms with Gasteiger partial charge >= 0.3 is 5.97 Å². The Balaban J connectivity index is 2.26. The number of aromatic carboxylic acids is 1. The number of aryl methyl sites for hydroxylation is 1. The average Bonchev–Trinajstić information content (AvgIpc) is 2.90. The molecule has 7 nitrogen and oxygen atoms in total. The van der Waals surface area contributed by atoms with Crippen molar-refractivity contribution in [3.63, 3.8) is 0 Å². The van der Waals surface area contributed by atoms with Gasteiger partial charge in [0.25, 0.3) is 5.69 Å². The van der Waals surface area contributed by atoms with Crippen molar-refractivity contribution >= 4 is 22.6 Å². The topological polar surface area (TPSA) is 109 Å². The van der Waals surface area contributed by atoms with Crippen LogP contribution < -0.4 is 0 Å². The van der Waals surface area contributed by atoms with Crippen molar-refractivity contribution in [3.05, 3.63) is 57.6 Å². The molecule has 0 atom stereocenters. The van der Waals surface area contributed by atoms with Crippen molar-refractivity contribution in [3.8, 4) is 11.3 Å². The van der Waals surface area contributed by atoms with E-state index >= 15 is 0 Å². The van der Waals surface area contributed by atoms with E-state index in [0.29, 0.717) is 22.2 Å². The zero-order valence-corrected chi connectivity index (χ0v) is 11.5. The lowest BCUT2D eigenvalue weighted by Gasteiger charge is -2.03. The Morgan fingerprint density at radius 3 is 2.73 bits per heavy atom. The first kappa shape index (κ1) is 13.7. The maximum atomic E-state index is 11.1. The van der Waals surface area contributed by atoms with E-state index in [0.717, 1.165) is 5.56 Å². The van der Waals surface area contributed by atoms with Crippen LogP contribution in [0.25, 0.3) is 22.2 Å². The predicted octanol–water partition coefficient (Wildman–Crippen LogP) is 3.14. The molecule has 0 fully saturated rings. The molecule has 0 spiro atoms. The molecule has 0 unspecified atom stereocenters. The first-order chi connectivity index (χ1) is 10.5. The van der Waals surface area contributed by atoms with Gasteiger partial charge in [-0.15, -0.1) is 0 Å². The number of hydrogen-bond donors (Lipinski definition) is 2. The van der Waals surface area contributed by atoms with Crippen LogP contribution in [0.5, 0.6) is 0 Å². The molecular formula is C15H11N3O4. The van der Waals surface area contributed by atoms with Gasteiger partial charge in [-0.2, -0.15) is 5.10 Å². The third-order valence-electron chi connectivity index (χ3n) is 3.50. The highest BCUT2D eigenvalue weighted by Gasteiger charge is 2.16. The Kier molecular flexibility index (Phi) is 3.10. The summed E-state index contributed by atoms with van der Waals surface area (Å²) in [7, 11) is 0. The van der Waals surface area contributed by atoms with Crippen molar-refractivity contribution in [2.24, 2.45) is 0 Å². The van der Waals surface area contributed by atoms with Gasteiger partial charge in [-0.3, -0.25) is 15.2 Å². The number of H-pyrrole nitrogens is 1. The van der Waals surface area contributed by atoms with E-state index in [1.165, 1.54) is 24.3 Å². The SMILES string of the molecule is Cc1ccc([N+](=O)[O-])cc1-c1n[nH]c2ccc(C(=O)O)cc12. The first-order valence-corrected chi connectivity index (χ1v) is 6.44. The summed E-state index contributed by atoms with van der Waals surface area (Å²) >= 11 is 0. The molecule has 0 bridgehead atoms. The lowest BCUT2D eigenvalue weighted by molar-refractivity contribution is -0.384. The molecule has 0 amide bonds. The molecule has 3 aromatic rings. The van der Waals surface area contributed by atoms with Gasteiger partial charge in [-0.1, -0.05) is 6.07 Å². The molecule has 2 N–H and O–H groups in total. The molecule has 0 aliphatic rings. The fourth-order valence-electron chi connectivity index (χ4n) is 2.33. The van der Waals surface area contributed by atoms with Gasteiger partial charge in [-0.05, 0) is 30.7 Å². The zero-order chi connectivity index (χ0) is 15.9. The normalized spacial score (nSPS) is 10.8. The molecule has 0 radical (unpaired) electrons. The van der Waals surface area contributed by atoms with E-state index in [2.05, 4.69) is 10.2 Å². The van der Waals surface area contributed by atoms with Crippen molar-refractivity contribution < 1.29 is 14.8 Å². The highest BCUT2D eigenvalue weighted by molar-refractivity contribution is 5.99. The van der Waals surface area contributed by atoms with Crippen LogP contribution in [0.15, 0.2) is 36.4 Å². The number of hydrogen-bond acceptors (Lipinski definition) is 4. The highest BCUT2D eigenvalue weighted by atomic mass is 16.6. The van der Waals surface area contributed by atoms with E-state index < -0.39 is 10.9 Å². The molecule has 2 aromatic carbocycles. The second kappa shape index (κ2) is 4.96. The zero-order valence-electron chi connectivity index (χ0n) is 11.5. The Bertz CT molecular complexity index is 914. The number of aromatic nitrogens is 2. The van der Waals surface area contributed by atoms with Crippen LogP contribution in [0.3, 0.4) is 0 Å². The number of nitro groups is 1. The number of nitrogens with zero attached hydrogens (tertiary/aromatic N) is 2. The van der Waals surface area contributed by atoms with Crippen molar-refractivity contribution in [2.75, 3.05) is 0 Å². The van der Waals surface area contributed by atoms with Crippen LogP contribution in [0.1, 0.15) is 15.9 Å². The number of carboxylic acids is 1. The van der Waals surface area contributed by atoms with Crippen LogP contribution in [0, 0.1) is 17.0 Å². The van der Waals surface area contributed by atoms with Crippen molar-refractivity contribution in [1.82, 2.24) is 10.2 Å². The van der Waals surface area contributed by atoms with Gasteiger partial charge in [0, 0.05) is 23.1 Å². The fourth-order valence-corrected chi connectivity index (χ4v) is 2.33. The summed E-state index contributed by atoms with van der Waals surface area (Å²) < 4.78 is 0. The molecule has 0 aliphatic carbocycles. The maximum absolute atomic E-state index is 11.1. The van der Waals surface area contributed by atoms with E-state index in [9.17, 15) is 14.9 Å². The Morgan fingerprint density at radius 2 is 2.05 bits per heavy atom. The summed E-state index contributed by atoms with van der Waals surface area (Å²) in [6, 6.07) is 9.13. The second-order valence-corrected chi connectivity index (χ2v) is 4.89. The van der Waals surface area contributed by atoms with E-state index in [1.807, 2.05) is 6.92 Å². The summed E-state index contributed by atoms with van der Waals surface area (Å²) in [5, 5.41) is 27.7. The summed E-state index contributed by atoms with van der Waals surface area (Å²) in [4.78, 5) is 21.6. The molecule has 1 aromatic heterocycles. The van der Waals surface area contributed by atoms with Crippen molar-refractivity contribution in [1.29, 1.82) is 0 Å². The minimum absolute atomic E-state index is 0.0360. The molecule has 7 heteroatoms. The lowest BCUT2D eigenvalue weighted by Crippen LogP contribution is -1.95. The minimum atomic E-state index is -1.04. The average molecular weight is 297 g/mol. The minimum Gasteiger partial charge on any atom is -0.478 e. The quantitative estimate of drug-likeness (QED) is 0.570. The third-order valence-corrected chi connectivity index (χ3v) is 3.50. The van der Waals surface area contributed by atoms with E-state index in [4.69, 9.17) is 5.11 Å². The van der Waals surface area contributed by atoms with Crippen LogP contribution in [-0.2, 0) is 0 Å². The van der Waals surface area contributed by atoms with Gasteiger partial charge in [0.2, 0.25) is 0 Å². The maximum Gasteiger partial charge on any atom is 0.335 e. The van der Waals surface area contributed by atoms with E-state index in [-0.39, 0.29) is 11.3 Å². The fraction of sp³-hybridized carbons (Fsp3) is 0.0667. The summed E-state index contributed by atoms with van der Waals surface area (Å²) in [5.74, 6) is -1.04. The Morgan fingerprint density at radius 1 is 1.27 bits per heavy atom. The smallest absolute Gasteiger partial charge is 0.335 e. The largest absolute Gasteiger partial charge is 0.478 e. The van der Waals surface area contributed by atoms with Gasteiger partial charge < -0.3 is 5.11 Å². The second-order valence-electron chi connectivity index (χ2n) is 4.89. The van der Waals surface area contributed by atoms with Gasteiger partial charge in [0.15, 0.2) is 0 Å². The Labute approximate surface area is 124 Å². The Hall–Kier alpha value is -3.22.